The van der Waals surface area contributed by atoms with Gasteiger partial charge in [-0.05, 0) is 48.9 Å². The Balaban J connectivity index is 1.54. The molecule has 172 valence electrons. The number of amides is 1. The first kappa shape index (κ1) is 21.4. The van der Waals surface area contributed by atoms with E-state index < -0.39 is 11.6 Å². The maximum atomic E-state index is 13.2. The zero-order valence-corrected chi connectivity index (χ0v) is 19.1. The van der Waals surface area contributed by atoms with E-state index in [-0.39, 0.29) is 24.0 Å². The maximum absolute atomic E-state index is 13.2. The zero-order valence-electron chi connectivity index (χ0n) is 18.2. The number of benzene rings is 1. The van der Waals surface area contributed by atoms with Crippen LogP contribution in [0.4, 0.5) is 5.69 Å². The maximum Gasteiger partial charge on any atom is 0.352 e. The van der Waals surface area contributed by atoms with Crippen LogP contribution in [0.1, 0.15) is 18.4 Å². The highest BCUT2D eigenvalue weighted by Gasteiger charge is 2.23. The van der Waals surface area contributed by atoms with Crippen LogP contribution in [0.5, 0.6) is 5.75 Å². The number of aromatic nitrogens is 4. The number of fused-ring (bicyclic) bond motifs is 3. The fourth-order valence-corrected chi connectivity index (χ4v) is 4.96. The van der Waals surface area contributed by atoms with E-state index in [2.05, 4.69) is 10.4 Å². The minimum atomic E-state index is -0.485. The van der Waals surface area contributed by atoms with Crippen molar-refractivity contribution in [3.63, 3.8) is 0 Å². The smallest absolute Gasteiger partial charge is 0.352 e. The highest BCUT2D eigenvalue weighted by molar-refractivity contribution is 7.17. The summed E-state index contributed by atoms with van der Waals surface area (Å²) in [4.78, 5) is 39.1. The second kappa shape index (κ2) is 8.49. The van der Waals surface area contributed by atoms with Gasteiger partial charge in [0.15, 0.2) is 0 Å². The predicted octanol–water partition coefficient (Wildman–Crippen LogP) is 2.01. The third-order valence-electron chi connectivity index (χ3n) is 5.72. The van der Waals surface area contributed by atoms with Gasteiger partial charge >= 0.3 is 5.69 Å². The number of aryl methyl sites for hydroxylation is 1. The Labute approximate surface area is 192 Å². The molecule has 1 amide bonds. The summed E-state index contributed by atoms with van der Waals surface area (Å²) >= 11 is 1.28. The average molecular weight is 470 g/mol. The second-order valence-electron chi connectivity index (χ2n) is 8.01. The van der Waals surface area contributed by atoms with E-state index >= 15 is 0 Å². The third kappa shape index (κ3) is 3.83. The summed E-state index contributed by atoms with van der Waals surface area (Å²) < 4.78 is 15.4. The minimum absolute atomic E-state index is 0.110. The third-order valence-corrected chi connectivity index (χ3v) is 6.61. The molecule has 4 aromatic rings. The summed E-state index contributed by atoms with van der Waals surface area (Å²) in [6.07, 6.45) is 1.66. The van der Waals surface area contributed by atoms with Gasteiger partial charge in [0.1, 0.15) is 17.0 Å². The van der Waals surface area contributed by atoms with Gasteiger partial charge in [0.05, 0.1) is 31.0 Å². The molecular weight excluding hydrogens is 446 g/mol. The van der Waals surface area contributed by atoms with Crippen LogP contribution < -0.4 is 21.3 Å². The fourth-order valence-electron chi connectivity index (χ4n) is 4.14. The van der Waals surface area contributed by atoms with Crippen molar-refractivity contribution in [2.24, 2.45) is 0 Å². The van der Waals surface area contributed by atoms with Crippen molar-refractivity contribution in [1.82, 2.24) is 18.7 Å². The number of nitrogens with one attached hydrogen (secondary N) is 1. The van der Waals surface area contributed by atoms with Gasteiger partial charge in [0.2, 0.25) is 11.7 Å². The van der Waals surface area contributed by atoms with E-state index in [9.17, 15) is 14.4 Å². The lowest BCUT2D eigenvalue weighted by molar-refractivity contribution is -0.117. The van der Waals surface area contributed by atoms with E-state index in [0.717, 1.165) is 23.1 Å². The van der Waals surface area contributed by atoms with Gasteiger partial charge in [-0.2, -0.15) is 0 Å². The second-order valence-corrected chi connectivity index (χ2v) is 8.93. The molecule has 0 saturated carbocycles. The Morgan fingerprint density at radius 1 is 1.33 bits per heavy atom. The molecule has 1 N–H and O–H groups in total. The first-order valence-corrected chi connectivity index (χ1v) is 11.5. The first-order chi connectivity index (χ1) is 16.0. The molecule has 1 saturated heterocycles. The topological polar surface area (TPSA) is 109 Å². The minimum Gasteiger partial charge on any atom is -0.495 e. The van der Waals surface area contributed by atoms with E-state index in [1.165, 1.54) is 27.4 Å². The van der Waals surface area contributed by atoms with Gasteiger partial charge in [0.25, 0.3) is 5.56 Å². The molecule has 0 bridgehead atoms. The van der Waals surface area contributed by atoms with E-state index in [4.69, 9.17) is 9.47 Å². The number of hydrogen-bond acceptors (Lipinski definition) is 7. The molecule has 0 spiro atoms. The number of nitrogens with zero attached hydrogens (tertiary/aromatic N) is 4. The van der Waals surface area contributed by atoms with Gasteiger partial charge < -0.3 is 14.8 Å². The van der Waals surface area contributed by atoms with Gasteiger partial charge in [-0.25, -0.2) is 13.9 Å². The Hall–Kier alpha value is -3.44. The van der Waals surface area contributed by atoms with Crippen molar-refractivity contribution in [3.8, 4) is 5.75 Å². The molecule has 10 nitrogen and oxygen atoms in total. The number of carbonyl (C=O) groups excluding carboxylic acids is 1. The lowest BCUT2D eigenvalue weighted by atomic mass is 10.2. The lowest BCUT2D eigenvalue weighted by Crippen LogP contribution is -2.30. The average Bonchev–Trinajstić information content (AvgIpc) is 3.53. The number of carbonyl (C=O) groups is 1. The highest BCUT2D eigenvalue weighted by atomic mass is 32.1. The van der Waals surface area contributed by atoms with Crippen LogP contribution in [-0.4, -0.2) is 44.5 Å². The fraction of sp³-hybridized carbons (Fsp3) is 0.364. The van der Waals surface area contributed by atoms with Gasteiger partial charge in [-0.15, -0.1) is 16.4 Å². The van der Waals surface area contributed by atoms with Crippen LogP contribution in [0, 0.1) is 6.92 Å². The van der Waals surface area contributed by atoms with Crippen LogP contribution in [0.2, 0.25) is 0 Å². The summed E-state index contributed by atoms with van der Waals surface area (Å²) in [5, 5.41) is 8.92. The molecule has 0 radical (unpaired) electrons. The molecule has 0 aliphatic carbocycles. The van der Waals surface area contributed by atoms with Crippen LogP contribution in [0.3, 0.4) is 0 Å². The predicted molar refractivity (Wildman–Crippen MR) is 124 cm³/mol. The first-order valence-electron chi connectivity index (χ1n) is 10.6. The Bertz CT molecular complexity index is 1470. The normalized spacial score (nSPS) is 16.0. The number of thiophene rings is 1. The Morgan fingerprint density at radius 2 is 2.18 bits per heavy atom. The molecule has 1 fully saturated rings. The quantitative estimate of drug-likeness (QED) is 0.463. The molecule has 33 heavy (non-hydrogen) atoms. The molecular formula is C22H23N5O5S. The SMILES string of the molecule is COc1ccc(C)cc1NC(=O)Cn1nc2n(CC3CCCO3)c(=O)c3sccc3n2c1=O. The summed E-state index contributed by atoms with van der Waals surface area (Å²) in [7, 11) is 1.52. The summed E-state index contributed by atoms with van der Waals surface area (Å²) in [5.41, 5.74) is 1.25. The van der Waals surface area contributed by atoms with E-state index in [1.807, 2.05) is 13.0 Å². The molecule has 4 heterocycles. The van der Waals surface area contributed by atoms with E-state index in [0.29, 0.717) is 34.8 Å². The monoisotopic (exact) mass is 469 g/mol. The van der Waals surface area contributed by atoms with Crippen molar-refractivity contribution >= 4 is 38.9 Å². The van der Waals surface area contributed by atoms with Crippen LogP contribution in [0.25, 0.3) is 16.0 Å². The Kier molecular flexibility index (Phi) is 5.51. The van der Waals surface area contributed by atoms with Crippen molar-refractivity contribution < 1.29 is 14.3 Å². The van der Waals surface area contributed by atoms with Gasteiger partial charge in [-0.3, -0.25) is 14.2 Å². The number of rotatable bonds is 6. The van der Waals surface area contributed by atoms with Crippen molar-refractivity contribution in [2.45, 2.75) is 39.0 Å². The molecule has 1 atom stereocenters. The number of anilines is 1. The number of hydrogen-bond donors (Lipinski definition) is 1. The highest BCUT2D eigenvalue weighted by Crippen LogP contribution is 2.25. The van der Waals surface area contributed by atoms with Crippen molar-refractivity contribution in [1.29, 1.82) is 0 Å². The zero-order chi connectivity index (χ0) is 23.1. The van der Waals surface area contributed by atoms with Gasteiger partial charge in [0, 0.05) is 6.61 Å². The molecule has 11 heteroatoms. The lowest BCUT2D eigenvalue weighted by Gasteiger charge is -2.12. The van der Waals surface area contributed by atoms with Gasteiger partial charge in [-0.1, -0.05) is 6.07 Å². The van der Waals surface area contributed by atoms with Crippen LogP contribution >= 0.6 is 11.3 Å². The van der Waals surface area contributed by atoms with Crippen LogP contribution in [-0.2, 0) is 22.6 Å². The summed E-state index contributed by atoms with van der Waals surface area (Å²) in [5.74, 6) is 0.285. The largest absolute Gasteiger partial charge is 0.495 e. The molecule has 1 unspecified atom stereocenters. The number of methoxy groups -OCH3 is 1. The van der Waals surface area contributed by atoms with Crippen molar-refractivity contribution in [3.05, 3.63) is 56.0 Å². The summed E-state index contributed by atoms with van der Waals surface area (Å²) in [6, 6.07) is 7.15. The molecule has 1 aromatic carbocycles. The van der Waals surface area contributed by atoms with Crippen molar-refractivity contribution in [2.75, 3.05) is 19.0 Å². The summed E-state index contributed by atoms with van der Waals surface area (Å²) in [6.45, 7) is 2.55. The number of ether oxygens (including phenoxy) is 2. The van der Waals surface area contributed by atoms with Crippen LogP contribution in [0.15, 0.2) is 39.2 Å². The molecule has 5 rings (SSSR count). The molecule has 1 aliphatic rings. The van der Waals surface area contributed by atoms with E-state index in [1.54, 1.807) is 23.6 Å². The Morgan fingerprint density at radius 3 is 2.94 bits per heavy atom. The molecule has 1 aliphatic heterocycles. The standard InChI is InChI=1S/C22H23N5O5S/c1-13-5-6-17(31-2)15(10-13)23-18(28)12-26-22(30)27-16-7-9-33-19(16)20(29)25(21(27)24-26)11-14-4-3-8-32-14/h5-7,9-10,14H,3-4,8,11-12H2,1-2H3,(H,23,28). The molecule has 3 aromatic heterocycles.